The fraction of sp³-hybridized carbons (Fsp3) is 0.0476. The Labute approximate surface area is 157 Å². The Bertz CT molecular complexity index is 893. The highest BCUT2D eigenvalue weighted by molar-refractivity contribution is 6.33. The highest BCUT2D eigenvalue weighted by Crippen LogP contribution is 2.21. The Kier molecular flexibility index (Phi) is 6.01. The number of amides is 1. The summed E-state index contributed by atoms with van der Waals surface area (Å²) in [5.41, 5.74) is 5.36. The SMILES string of the molecule is O=C(COc1ccc(-c2ccccc2)cc1)N/N=C/c1ccccc1Cl. The second kappa shape index (κ2) is 8.83. The van der Waals surface area contributed by atoms with E-state index in [1.54, 1.807) is 6.07 Å². The number of nitrogens with one attached hydrogen (secondary N) is 1. The average molecular weight is 365 g/mol. The molecule has 0 saturated heterocycles. The lowest BCUT2D eigenvalue weighted by Gasteiger charge is -2.06. The molecule has 0 radical (unpaired) electrons. The molecular weight excluding hydrogens is 348 g/mol. The summed E-state index contributed by atoms with van der Waals surface area (Å²) in [6.07, 6.45) is 1.49. The number of halogens is 1. The van der Waals surface area contributed by atoms with E-state index in [1.165, 1.54) is 6.21 Å². The quantitative estimate of drug-likeness (QED) is 0.516. The van der Waals surface area contributed by atoms with Crippen LogP contribution >= 0.6 is 11.6 Å². The molecule has 1 amide bonds. The summed E-state index contributed by atoms with van der Waals surface area (Å²) in [7, 11) is 0. The maximum absolute atomic E-state index is 11.8. The Balaban J connectivity index is 1.49. The first kappa shape index (κ1) is 17.7. The lowest BCUT2D eigenvalue weighted by molar-refractivity contribution is -0.123. The number of hydrazone groups is 1. The normalized spacial score (nSPS) is 10.7. The van der Waals surface area contributed by atoms with Crippen LogP contribution in [0.4, 0.5) is 0 Å². The van der Waals surface area contributed by atoms with Gasteiger partial charge in [-0.15, -0.1) is 0 Å². The van der Waals surface area contributed by atoms with Crippen LogP contribution in [0.2, 0.25) is 5.02 Å². The van der Waals surface area contributed by atoms with Gasteiger partial charge in [-0.05, 0) is 29.3 Å². The van der Waals surface area contributed by atoms with E-state index in [-0.39, 0.29) is 12.5 Å². The van der Waals surface area contributed by atoms with Crippen LogP contribution in [0.15, 0.2) is 84.0 Å². The second-order valence-electron chi connectivity index (χ2n) is 5.49. The van der Waals surface area contributed by atoms with E-state index in [9.17, 15) is 4.79 Å². The van der Waals surface area contributed by atoms with E-state index in [0.29, 0.717) is 10.8 Å². The summed E-state index contributed by atoms with van der Waals surface area (Å²) >= 11 is 6.01. The minimum atomic E-state index is -0.347. The van der Waals surface area contributed by atoms with Gasteiger partial charge in [0.05, 0.1) is 6.21 Å². The minimum absolute atomic E-state index is 0.120. The Morgan fingerprint density at radius 3 is 2.31 bits per heavy atom. The predicted molar refractivity (Wildman–Crippen MR) is 105 cm³/mol. The molecule has 0 aliphatic heterocycles. The highest BCUT2D eigenvalue weighted by atomic mass is 35.5. The molecule has 0 unspecified atom stereocenters. The maximum atomic E-state index is 11.8. The van der Waals surface area contributed by atoms with E-state index in [2.05, 4.69) is 10.5 Å². The summed E-state index contributed by atoms with van der Waals surface area (Å²) in [4.78, 5) is 11.8. The molecule has 1 N–H and O–H groups in total. The van der Waals surface area contributed by atoms with E-state index >= 15 is 0 Å². The van der Waals surface area contributed by atoms with Crippen LogP contribution in [-0.4, -0.2) is 18.7 Å². The number of rotatable bonds is 6. The van der Waals surface area contributed by atoms with Crippen LogP contribution in [0, 0.1) is 0 Å². The van der Waals surface area contributed by atoms with Crippen molar-refractivity contribution in [3.05, 3.63) is 89.4 Å². The highest BCUT2D eigenvalue weighted by Gasteiger charge is 2.03. The van der Waals surface area contributed by atoms with Gasteiger partial charge in [0, 0.05) is 10.6 Å². The molecule has 0 atom stereocenters. The van der Waals surface area contributed by atoms with Crippen LogP contribution in [0.5, 0.6) is 5.75 Å². The summed E-state index contributed by atoms with van der Waals surface area (Å²) in [5.74, 6) is 0.273. The molecule has 0 bridgehead atoms. The fourth-order valence-electron chi connectivity index (χ4n) is 2.31. The molecule has 0 fully saturated rings. The maximum Gasteiger partial charge on any atom is 0.277 e. The summed E-state index contributed by atoms with van der Waals surface area (Å²) in [6, 6.07) is 24.9. The largest absolute Gasteiger partial charge is 0.484 e. The van der Waals surface area contributed by atoms with E-state index in [4.69, 9.17) is 16.3 Å². The zero-order valence-electron chi connectivity index (χ0n) is 13.9. The third kappa shape index (κ3) is 4.94. The topological polar surface area (TPSA) is 50.7 Å². The number of carbonyl (C=O) groups excluding carboxylic acids is 1. The van der Waals surface area contributed by atoms with E-state index in [1.807, 2.05) is 72.8 Å². The van der Waals surface area contributed by atoms with Gasteiger partial charge >= 0.3 is 0 Å². The third-order valence-electron chi connectivity index (χ3n) is 3.63. The molecule has 130 valence electrons. The van der Waals surface area contributed by atoms with Crippen molar-refractivity contribution >= 4 is 23.7 Å². The molecular formula is C21H17ClN2O2. The van der Waals surface area contributed by atoms with Gasteiger partial charge in [0.25, 0.3) is 5.91 Å². The molecule has 3 aromatic rings. The molecule has 0 aliphatic rings. The first-order chi connectivity index (χ1) is 12.7. The van der Waals surface area contributed by atoms with Crippen molar-refractivity contribution in [1.82, 2.24) is 5.43 Å². The number of hydrogen-bond acceptors (Lipinski definition) is 3. The first-order valence-electron chi connectivity index (χ1n) is 8.07. The number of nitrogens with zero attached hydrogens (tertiary/aromatic N) is 1. The van der Waals surface area contributed by atoms with Gasteiger partial charge < -0.3 is 4.74 Å². The summed E-state index contributed by atoms with van der Waals surface area (Å²) in [5, 5.41) is 4.45. The summed E-state index contributed by atoms with van der Waals surface area (Å²) < 4.78 is 5.47. The van der Waals surface area contributed by atoms with Gasteiger partial charge in [-0.25, -0.2) is 5.43 Å². The zero-order valence-corrected chi connectivity index (χ0v) is 14.7. The van der Waals surface area contributed by atoms with Gasteiger partial charge in [-0.1, -0.05) is 72.3 Å². The van der Waals surface area contributed by atoms with Crippen molar-refractivity contribution < 1.29 is 9.53 Å². The number of benzene rings is 3. The monoisotopic (exact) mass is 364 g/mol. The standard InChI is InChI=1S/C21H17ClN2O2/c22-20-9-5-4-8-18(20)14-23-24-21(25)15-26-19-12-10-17(11-13-19)16-6-2-1-3-7-16/h1-14H,15H2,(H,24,25)/b23-14+. The Morgan fingerprint density at radius 1 is 0.923 bits per heavy atom. The molecule has 0 aromatic heterocycles. The van der Waals surface area contributed by atoms with Gasteiger partial charge in [0.1, 0.15) is 5.75 Å². The van der Waals surface area contributed by atoms with Crippen molar-refractivity contribution in [2.75, 3.05) is 6.61 Å². The molecule has 0 heterocycles. The van der Waals surface area contributed by atoms with E-state index in [0.717, 1.165) is 16.7 Å². The van der Waals surface area contributed by atoms with Gasteiger partial charge in [-0.2, -0.15) is 5.10 Å². The lowest BCUT2D eigenvalue weighted by atomic mass is 10.1. The molecule has 3 aromatic carbocycles. The lowest BCUT2D eigenvalue weighted by Crippen LogP contribution is -2.24. The number of carbonyl (C=O) groups is 1. The van der Waals surface area contributed by atoms with Crippen molar-refractivity contribution in [3.63, 3.8) is 0 Å². The smallest absolute Gasteiger partial charge is 0.277 e. The fourth-order valence-corrected chi connectivity index (χ4v) is 2.49. The van der Waals surface area contributed by atoms with Crippen molar-refractivity contribution in [2.24, 2.45) is 5.10 Å². The number of ether oxygens (including phenoxy) is 1. The molecule has 4 nitrogen and oxygen atoms in total. The second-order valence-corrected chi connectivity index (χ2v) is 5.90. The number of hydrogen-bond donors (Lipinski definition) is 1. The van der Waals surface area contributed by atoms with Crippen LogP contribution in [0.3, 0.4) is 0 Å². The third-order valence-corrected chi connectivity index (χ3v) is 3.97. The van der Waals surface area contributed by atoms with Crippen molar-refractivity contribution in [3.8, 4) is 16.9 Å². The first-order valence-corrected chi connectivity index (χ1v) is 8.45. The van der Waals surface area contributed by atoms with Crippen LogP contribution in [0.25, 0.3) is 11.1 Å². The molecule has 0 aliphatic carbocycles. The zero-order chi connectivity index (χ0) is 18.2. The molecule has 3 rings (SSSR count). The van der Waals surface area contributed by atoms with Crippen LogP contribution < -0.4 is 10.2 Å². The Morgan fingerprint density at radius 2 is 1.58 bits per heavy atom. The molecule has 5 heteroatoms. The molecule has 26 heavy (non-hydrogen) atoms. The van der Waals surface area contributed by atoms with E-state index < -0.39 is 0 Å². The summed E-state index contributed by atoms with van der Waals surface area (Å²) in [6.45, 7) is -0.120. The van der Waals surface area contributed by atoms with Crippen LogP contribution in [0.1, 0.15) is 5.56 Å². The van der Waals surface area contributed by atoms with Gasteiger partial charge in [0.2, 0.25) is 0 Å². The minimum Gasteiger partial charge on any atom is -0.484 e. The van der Waals surface area contributed by atoms with Crippen molar-refractivity contribution in [2.45, 2.75) is 0 Å². The average Bonchev–Trinajstić information content (AvgIpc) is 2.69. The Hall–Kier alpha value is -3.11. The predicted octanol–water partition coefficient (Wildman–Crippen LogP) is 4.54. The van der Waals surface area contributed by atoms with Crippen molar-refractivity contribution in [1.29, 1.82) is 0 Å². The van der Waals surface area contributed by atoms with Gasteiger partial charge in [-0.3, -0.25) is 4.79 Å². The molecule has 0 spiro atoms. The van der Waals surface area contributed by atoms with Crippen LogP contribution in [-0.2, 0) is 4.79 Å². The van der Waals surface area contributed by atoms with Gasteiger partial charge in [0.15, 0.2) is 6.61 Å². The molecule has 0 saturated carbocycles.